The minimum atomic E-state index is 0.430. The number of hydrogen-bond donors (Lipinski definition) is 2. The fourth-order valence-electron chi connectivity index (χ4n) is 2.31. The number of hydrogen-bond acceptors (Lipinski definition) is 6. The Morgan fingerprint density at radius 1 is 1.67 bits per heavy atom. The third-order valence-electron chi connectivity index (χ3n) is 3.37. The first kappa shape index (κ1) is 13.5. The molecule has 0 radical (unpaired) electrons. The smallest absolute Gasteiger partial charge is 0.239 e. The fraction of sp³-hybridized carbons (Fsp3) is 0.636. The molecule has 2 heterocycles. The summed E-state index contributed by atoms with van der Waals surface area (Å²) in [7, 11) is 4.22. The van der Waals surface area contributed by atoms with Gasteiger partial charge in [-0.05, 0) is 42.4 Å². The van der Waals surface area contributed by atoms with Crippen LogP contribution in [0.1, 0.15) is 12.8 Å². The monoisotopic (exact) mass is 314 g/mol. The van der Waals surface area contributed by atoms with Crippen molar-refractivity contribution in [3.05, 3.63) is 10.7 Å². The summed E-state index contributed by atoms with van der Waals surface area (Å²) >= 11 is 3.48. The van der Waals surface area contributed by atoms with Crippen LogP contribution in [0, 0.1) is 0 Å². The summed E-state index contributed by atoms with van der Waals surface area (Å²) in [5, 5.41) is 0. The maximum absolute atomic E-state index is 5.34. The zero-order valence-corrected chi connectivity index (χ0v) is 12.3. The van der Waals surface area contributed by atoms with Crippen LogP contribution in [0.5, 0.6) is 0 Å². The number of rotatable bonds is 4. The van der Waals surface area contributed by atoms with Crippen LogP contribution < -0.4 is 16.2 Å². The van der Waals surface area contributed by atoms with Crippen LogP contribution in [-0.2, 0) is 0 Å². The minimum absolute atomic E-state index is 0.430. The van der Waals surface area contributed by atoms with E-state index < -0.39 is 0 Å². The summed E-state index contributed by atoms with van der Waals surface area (Å²) < 4.78 is 0.879. The lowest BCUT2D eigenvalue weighted by Crippen LogP contribution is -2.37. The summed E-state index contributed by atoms with van der Waals surface area (Å²) in [6.45, 7) is 2.13. The second-order valence-corrected chi connectivity index (χ2v) is 5.52. The average Bonchev–Trinajstić information content (AvgIpc) is 2.75. The summed E-state index contributed by atoms with van der Waals surface area (Å²) in [6, 6.07) is 0.589. The van der Waals surface area contributed by atoms with Crippen LogP contribution >= 0.6 is 15.9 Å². The van der Waals surface area contributed by atoms with E-state index in [9.17, 15) is 0 Å². The normalized spacial score (nSPS) is 20.1. The molecule has 0 aromatic carbocycles. The molecule has 1 unspecified atom stereocenters. The van der Waals surface area contributed by atoms with Crippen LogP contribution in [0.4, 0.5) is 11.8 Å². The number of hydrazine groups is 1. The standard InChI is InChI=1S/C11H19BrN6/c1-17-5-3-4-8(17)7-18(2)10-9(12)6-14-11(15-10)16-13/h6,8H,3-5,7,13H2,1-2H3,(H,14,15,16). The van der Waals surface area contributed by atoms with Gasteiger partial charge in [-0.2, -0.15) is 4.98 Å². The second-order valence-electron chi connectivity index (χ2n) is 4.67. The second kappa shape index (κ2) is 5.81. The molecular formula is C11H19BrN6. The lowest BCUT2D eigenvalue weighted by molar-refractivity contribution is 0.314. The van der Waals surface area contributed by atoms with Crippen LogP contribution in [0.15, 0.2) is 10.7 Å². The van der Waals surface area contributed by atoms with E-state index in [1.807, 2.05) is 7.05 Å². The molecule has 3 N–H and O–H groups in total. The molecule has 1 aliphatic rings. The van der Waals surface area contributed by atoms with E-state index in [1.165, 1.54) is 19.4 Å². The molecule has 0 aliphatic carbocycles. The van der Waals surface area contributed by atoms with Crippen LogP contribution in [0.3, 0.4) is 0 Å². The van der Waals surface area contributed by atoms with E-state index >= 15 is 0 Å². The Balaban J connectivity index is 2.10. The fourth-order valence-corrected chi connectivity index (χ4v) is 2.80. The van der Waals surface area contributed by atoms with Gasteiger partial charge in [0, 0.05) is 25.8 Å². The first-order valence-electron chi connectivity index (χ1n) is 6.02. The highest BCUT2D eigenvalue weighted by atomic mass is 79.9. The first-order valence-corrected chi connectivity index (χ1v) is 6.81. The maximum atomic E-state index is 5.34. The number of halogens is 1. The molecule has 1 aromatic rings. The SMILES string of the molecule is CN(CC1CCCN1C)c1nc(NN)ncc1Br. The molecule has 0 spiro atoms. The molecule has 1 aromatic heterocycles. The van der Waals surface area contributed by atoms with Gasteiger partial charge in [0.25, 0.3) is 0 Å². The van der Waals surface area contributed by atoms with Gasteiger partial charge in [0.2, 0.25) is 5.95 Å². The molecule has 1 atom stereocenters. The van der Waals surface area contributed by atoms with E-state index in [4.69, 9.17) is 5.84 Å². The molecule has 100 valence electrons. The lowest BCUT2D eigenvalue weighted by Gasteiger charge is -2.27. The van der Waals surface area contributed by atoms with Crippen molar-refractivity contribution in [1.82, 2.24) is 14.9 Å². The number of anilines is 2. The predicted octanol–water partition coefficient (Wildman–Crippen LogP) is 1.06. The largest absolute Gasteiger partial charge is 0.357 e. The van der Waals surface area contributed by atoms with Gasteiger partial charge in [-0.25, -0.2) is 10.8 Å². The first-order chi connectivity index (χ1) is 8.61. The number of nitrogens with two attached hydrogens (primary N) is 1. The number of aromatic nitrogens is 2. The number of nitrogens with one attached hydrogen (secondary N) is 1. The Bertz CT molecular complexity index is 413. The molecule has 1 saturated heterocycles. The molecule has 7 heteroatoms. The van der Waals surface area contributed by atoms with Crippen molar-refractivity contribution in [2.45, 2.75) is 18.9 Å². The lowest BCUT2D eigenvalue weighted by atomic mass is 10.2. The van der Waals surface area contributed by atoms with Crippen molar-refractivity contribution in [3.63, 3.8) is 0 Å². The van der Waals surface area contributed by atoms with Crippen LogP contribution in [0.2, 0.25) is 0 Å². The van der Waals surface area contributed by atoms with Gasteiger partial charge in [0.15, 0.2) is 0 Å². The quantitative estimate of drug-likeness (QED) is 0.639. The topological polar surface area (TPSA) is 70.3 Å². The average molecular weight is 315 g/mol. The van der Waals surface area contributed by atoms with E-state index in [2.05, 4.69) is 48.2 Å². The zero-order valence-electron chi connectivity index (χ0n) is 10.7. The summed E-state index contributed by atoms with van der Waals surface area (Å²) in [5.41, 5.74) is 2.47. The summed E-state index contributed by atoms with van der Waals surface area (Å²) in [5.74, 6) is 6.63. The Labute approximate surface area is 116 Å². The van der Waals surface area contributed by atoms with E-state index in [1.54, 1.807) is 6.20 Å². The van der Waals surface area contributed by atoms with E-state index in [-0.39, 0.29) is 0 Å². The maximum Gasteiger partial charge on any atom is 0.239 e. The number of nitrogens with zero attached hydrogens (tertiary/aromatic N) is 4. The summed E-state index contributed by atoms with van der Waals surface area (Å²) in [4.78, 5) is 13.0. The van der Waals surface area contributed by atoms with Gasteiger partial charge in [-0.15, -0.1) is 0 Å². The number of likely N-dealkylation sites (N-methyl/N-ethyl adjacent to an activating group) is 2. The third-order valence-corrected chi connectivity index (χ3v) is 3.93. The molecule has 0 bridgehead atoms. The molecule has 18 heavy (non-hydrogen) atoms. The van der Waals surface area contributed by atoms with Gasteiger partial charge < -0.3 is 9.80 Å². The Hall–Kier alpha value is -0.920. The zero-order chi connectivity index (χ0) is 13.1. The molecule has 1 aliphatic heterocycles. The van der Waals surface area contributed by atoms with Gasteiger partial charge in [0.05, 0.1) is 4.47 Å². The van der Waals surface area contributed by atoms with Gasteiger partial charge in [0.1, 0.15) is 5.82 Å². The van der Waals surface area contributed by atoms with E-state index in [0.717, 1.165) is 16.8 Å². The van der Waals surface area contributed by atoms with Gasteiger partial charge >= 0.3 is 0 Å². The predicted molar refractivity (Wildman–Crippen MR) is 76.5 cm³/mol. The third kappa shape index (κ3) is 2.90. The van der Waals surface area contributed by atoms with Gasteiger partial charge in [-0.1, -0.05) is 0 Å². The Kier molecular flexibility index (Phi) is 4.36. The molecule has 0 amide bonds. The highest BCUT2D eigenvalue weighted by Gasteiger charge is 2.23. The Morgan fingerprint density at radius 2 is 2.44 bits per heavy atom. The molecule has 6 nitrogen and oxygen atoms in total. The highest BCUT2D eigenvalue weighted by molar-refractivity contribution is 9.10. The number of likely N-dealkylation sites (tertiary alicyclic amines) is 1. The Morgan fingerprint density at radius 3 is 3.06 bits per heavy atom. The summed E-state index contributed by atoms with van der Waals surface area (Å²) in [6.07, 6.45) is 4.23. The van der Waals surface area contributed by atoms with Gasteiger partial charge in [-0.3, -0.25) is 5.43 Å². The van der Waals surface area contributed by atoms with Crippen molar-refractivity contribution in [1.29, 1.82) is 0 Å². The molecule has 2 rings (SSSR count). The van der Waals surface area contributed by atoms with Crippen molar-refractivity contribution in [2.75, 3.05) is 37.5 Å². The molecule has 0 saturated carbocycles. The number of nitrogen functional groups attached to an aromatic ring is 1. The van der Waals surface area contributed by atoms with Crippen molar-refractivity contribution < 1.29 is 0 Å². The molecule has 1 fully saturated rings. The van der Waals surface area contributed by atoms with E-state index in [0.29, 0.717) is 12.0 Å². The van der Waals surface area contributed by atoms with Crippen LogP contribution in [-0.4, -0.2) is 48.1 Å². The van der Waals surface area contributed by atoms with Crippen molar-refractivity contribution >= 4 is 27.7 Å². The minimum Gasteiger partial charge on any atom is -0.357 e. The van der Waals surface area contributed by atoms with Crippen molar-refractivity contribution in [2.24, 2.45) is 5.84 Å². The van der Waals surface area contributed by atoms with Crippen molar-refractivity contribution in [3.8, 4) is 0 Å². The molecular weight excluding hydrogens is 296 g/mol. The highest BCUT2D eigenvalue weighted by Crippen LogP contribution is 2.25. The van der Waals surface area contributed by atoms with Crippen LogP contribution in [0.25, 0.3) is 0 Å².